The molecule has 2 amide bonds. The number of piperazine rings is 1. The molecular weight excluding hydrogens is 392 g/mol. The van der Waals surface area contributed by atoms with Gasteiger partial charge in [0, 0.05) is 44.4 Å². The molecule has 1 aliphatic rings. The van der Waals surface area contributed by atoms with E-state index in [4.69, 9.17) is 0 Å². The standard InChI is InChI=1S/C23H26N6O2/c1-17(2)22(30)25-21-16-19(26-29(21)18-8-4-3-5-9-18)23(31)28-14-12-27(13-15-28)20-10-6-7-11-24-20/h3-11,16-17H,12-15H2,1-2H3,(H,25,30). The fourth-order valence-corrected chi connectivity index (χ4v) is 3.45. The summed E-state index contributed by atoms with van der Waals surface area (Å²) in [4.78, 5) is 33.8. The lowest BCUT2D eigenvalue weighted by molar-refractivity contribution is -0.118. The molecule has 0 saturated carbocycles. The van der Waals surface area contributed by atoms with E-state index < -0.39 is 0 Å². The van der Waals surface area contributed by atoms with Gasteiger partial charge in [0.1, 0.15) is 11.6 Å². The summed E-state index contributed by atoms with van der Waals surface area (Å²) in [7, 11) is 0. The fourth-order valence-electron chi connectivity index (χ4n) is 3.45. The molecule has 0 aliphatic carbocycles. The molecule has 160 valence electrons. The van der Waals surface area contributed by atoms with E-state index >= 15 is 0 Å². The highest BCUT2D eigenvalue weighted by molar-refractivity contribution is 5.96. The number of pyridine rings is 1. The molecule has 31 heavy (non-hydrogen) atoms. The Hall–Kier alpha value is -3.68. The van der Waals surface area contributed by atoms with Crippen molar-refractivity contribution in [3.63, 3.8) is 0 Å². The zero-order valence-electron chi connectivity index (χ0n) is 17.7. The molecule has 1 saturated heterocycles. The first-order valence-corrected chi connectivity index (χ1v) is 10.4. The predicted octanol–water partition coefficient (Wildman–Crippen LogP) is 2.82. The maximum atomic E-state index is 13.2. The quantitative estimate of drug-likeness (QED) is 0.689. The van der Waals surface area contributed by atoms with E-state index in [1.807, 2.05) is 62.4 Å². The number of aromatic nitrogens is 3. The topological polar surface area (TPSA) is 83.4 Å². The Labute approximate surface area is 181 Å². The minimum Gasteiger partial charge on any atom is -0.353 e. The van der Waals surface area contributed by atoms with Crippen LogP contribution in [0.5, 0.6) is 0 Å². The summed E-state index contributed by atoms with van der Waals surface area (Å²) in [5.74, 6) is 0.954. The van der Waals surface area contributed by atoms with Crippen molar-refractivity contribution in [2.24, 2.45) is 5.92 Å². The maximum Gasteiger partial charge on any atom is 0.274 e. The maximum absolute atomic E-state index is 13.2. The van der Waals surface area contributed by atoms with Crippen LogP contribution in [0.2, 0.25) is 0 Å². The molecule has 0 unspecified atom stereocenters. The van der Waals surface area contributed by atoms with Crippen molar-refractivity contribution in [1.82, 2.24) is 19.7 Å². The summed E-state index contributed by atoms with van der Waals surface area (Å²) in [6.45, 7) is 6.23. The number of benzene rings is 1. The Morgan fingerprint density at radius 3 is 2.32 bits per heavy atom. The smallest absolute Gasteiger partial charge is 0.274 e. The highest BCUT2D eigenvalue weighted by atomic mass is 16.2. The average molecular weight is 419 g/mol. The van der Waals surface area contributed by atoms with Gasteiger partial charge in [0.05, 0.1) is 5.69 Å². The summed E-state index contributed by atoms with van der Waals surface area (Å²) < 4.78 is 1.61. The van der Waals surface area contributed by atoms with Crippen LogP contribution in [0, 0.1) is 5.92 Å². The van der Waals surface area contributed by atoms with E-state index in [0.29, 0.717) is 37.7 Å². The third-order valence-electron chi connectivity index (χ3n) is 5.25. The number of para-hydroxylation sites is 1. The van der Waals surface area contributed by atoms with Crippen LogP contribution < -0.4 is 10.2 Å². The third kappa shape index (κ3) is 4.58. The van der Waals surface area contributed by atoms with Crippen molar-refractivity contribution >= 4 is 23.5 Å². The zero-order valence-corrected chi connectivity index (χ0v) is 17.7. The van der Waals surface area contributed by atoms with Crippen molar-refractivity contribution in [3.05, 3.63) is 66.5 Å². The number of hydrogen-bond donors (Lipinski definition) is 1. The molecule has 3 aromatic rings. The van der Waals surface area contributed by atoms with E-state index in [0.717, 1.165) is 11.5 Å². The summed E-state index contributed by atoms with van der Waals surface area (Å²) in [6, 6.07) is 16.9. The van der Waals surface area contributed by atoms with Crippen LogP contribution in [0.15, 0.2) is 60.8 Å². The van der Waals surface area contributed by atoms with Crippen LogP contribution in [-0.4, -0.2) is 57.7 Å². The van der Waals surface area contributed by atoms with Gasteiger partial charge in [-0.05, 0) is 24.3 Å². The Bertz CT molecular complexity index is 1040. The molecule has 1 aromatic carbocycles. The first-order chi connectivity index (χ1) is 15.0. The minimum absolute atomic E-state index is 0.125. The molecule has 1 N–H and O–H groups in total. The van der Waals surface area contributed by atoms with Gasteiger partial charge in [0.2, 0.25) is 5.91 Å². The summed E-state index contributed by atoms with van der Waals surface area (Å²) in [6.07, 6.45) is 1.77. The highest BCUT2D eigenvalue weighted by Crippen LogP contribution is 2.20. The van der Waals surface area contributed by atoms with Gasteiger partial charge in [-0.15, -0.1) is 0 Å². The lowest BCUT2D eigenvalue weighted by atomic mass is 10.2. The number of rotatable bonds is 5. The van der Waals surface area contributed by atoms with Gasteiger partial charge >= 0.3 is 0 Å². The molecule has 0 bridgehead atoms. The average Bonchev–Trinajstić information content (AvgIpc) is 3.23. The number of nitrogens with zero attached hydrogens (tertiary/aromatic N) is 5. The molecule has 8 heteroatoms. The SMILES string of the molecule is CC(C)C(=O)Nc1cc(C(=O)N2CCN(c3ccccn3)CC2)nn1-c1ccccc1. The number of carbonyl (C=O) groups excluding carboxylic acids is 2. The molecule has 0 spiro atoms. The molecule has 0 atom stereocenters. The normalized spacial score (nSPS) is 14.0. The molecule has 8 nitrogen and oxygen atoms in total. The molecule has 1 fully saturated rings. The number of hydrogen-bond acceptors (Lipinski definition) is 5. The van der Waals surface area contributed by atoms with Crippen LogP contribution in [0.3, 0.4) is 0 Å². The van der Waals surface area contributed by atoms with Gasteiger partial charge in [-0.25, -0.2) is 9.67 Å². The van der Waals surface area contributed by atoms with Crippen molar-refractivity contribution in [1.29, 1.82) is 0 Å². The van der Waals surface area contributed by atoms with Crippen LogP contribution in [-0.2, 0) is 4.79 Å². The largest absolute Gasteiger partial charge is 0.353 e. The minimum atomic E-state index is -0.182. The molecule has 2 aromatic heterocycles. The van der Waals surface area contributed by atoms with E-state index in [1.54, 1.807) is 21.8 Å². The highest BCUT2D eigenvalue weighted by Gasteiger charge is 2.26. The van der Waals surface area contributed by atoms with Gasteiger partial charge in [-0.3, -0.25) is 9.59 Å². The Balaban J connectivity index is 1.53. The van der Waals surface area contributed by atoms with Crippen LogP contribution >= 0.6 is 0 Å². The summed E-state index contributed by atoms with van der Waals surface area (Å²) in [5.41, 5.74) is 1.09. The molecule has 0 radical (unpaired) electrons. The Morgan fingerprint density at radius 1 is 0.968 bits per heavy atom. The van der Waals surface area contributed by atoms with Gasteiger partial charge in [-0.2, -0.15) is 5.10 Å². The van der Waals surface area contributed by atoms with Gasteiger partial charge in [0.25, 0.3) is 5.91 Å². The second-order valence-corrected chi connectivity index (χ2v) is 7.77. The van der Waals surface area contributed by atoms with Gasteiger partial charge in [-0.1, -0.05) is 38.1 Å². The summed E-state index contributed by atoms with van der Waals surface area (Å²) >= 11 is 0. The van der Waals surface area contributed by atoms with Gasteiger partial charge in [0.15, 0.2) is 5.69 Å². The number of anilines is 2. The summed E-state index contributed by atoms with van der Waals surface area (Å²) in [5, 5.41) is 7.42. The number of carbonyl (C=O) groups is 2. The van der Waals surface area contributed by atoms with Crippen molar-refractivity contribution in [2.75, 3.05) is 36.4 Å². The van der Waals surface area contributed by atoms with E-state index in [1.165, 1.54) is 0 Å². The lowest BCUT2D eigenvalue weighted by Gasteiger charge is -2.35. The molecule has 3 heterocycles. The van der Waals surface area contributed by atoms with Crippen molar-refractivity contribution in [3.8, 4) is 5.69 Å². The first kappa shape index (κ1) is 20.6. The monoisotopic (exact) mass is 418 g/mol. The van der Waals surface area contributed by atoms with Crippen molar-refractivity contribution < 1.29 is 9.59 Å². The Morgan fingerprint density at radius 2 is 1.68 bits per heavy atom. The Kier molecular flexibility index (Phi) is 5.97. The van der Waals surface area contributed by atoms with Crippen LogP contribution in [0.25, 0.3) is 5.69 Å². The fraction of sp³-hybridized carbons (Fsp3) is 0.304. The van der Waals surface area contributed by atoms with Crippen LogP contribution in [0.1, 0.15) is 24.3 Å². The molecular formula is C23H26N6O2. The van der Waals surface area contributed by atoms with Crippen molar-refractivity contribution in [2.45, 2.75) is 13.8 Å². The molecule has 4 rings (SSSR count). The third-order valence-corrected chi connectivity index (χ3v) is 5.25. The number of nitrogens with one attached hydrogen (secondary N) is 1. The predicted molar refractivity (Wildman–Crippen MR) is 119 cm³/mol. The van der Waals surface area contributed by atoms with E-state index in [-0.39, 0.29) is 17.7 Å². The lowest BCUT2D eigenvalue weighted by Crippen LogP contribution is -2.49. The molecule has 1 aliphatic heterocycles. The van der Waals surface area contributed by atoms with Crippen LogP contribution in [0.4, 0.5) is 11.6 Å². The number of amides is 2. The van der Waals surface area contributed by atoms with E-state index in [9.17, 15) is 9.59 Å². The first-order valence-electron chi connectivity index (χ1n) is 10.4. The second-order valence-electron chi connectivity index (χ2n) is 7.77. The second kappa shape index (κ2) is 8.99. The van der Waals surface area contributed by atoms with Gasteiger partial charge < -0.3 is 15.1 Å². The zero-order chi connectivity index (χ0) is 21.8. The van der Waals surface area contributed by atoms with E-state index in [2.05, 4.69) is 20.3 Å².